The Labute approximate surface area is 54.9 Å². The Balaban J connectivity index is 3.63. The number of rotatable bonds is 2. The minimum Gasteiger partial charge on any atom is -0.459 e. The molecule has 0 fully saturated rings. The first-order valence-electron chi connectivity index (χ1n) is 2.85. The van der Waals surface area contributed by atoms with Crippen molar-refractivity contribution in [2.75, 3.05) is 20.7 Å². The Bertz CT molecular complexity index is 125. The third kappa shape index (κ3) is 5.00. The highest BCUT2D eigenvalue weighted by atomic mass is 16.5. The molecule has 0 spiro atoms. The molecule has 3 nitrogen and oxygen atoms in total. The third-order valence-corrected chi connectivity index (χ3v) is 0.650. The minimum absolute atomic E-state index is 0.289. The summed E-state index contributed by atoms with van der Waals surface area (Å²) >= 11 is 0. The molecule has 0 aromatic heterocycles. The van der Waals surface area contributed by atoms with E-state index in [1.165, 1.54) is 6.21 Å². The summed E-state index contributed by atoms with van der Waals surface area (Å²) in [5.74, 6) is -0.289. The van der Waals surface area contributed by atoms with Gasteiger partial charge in [0.2, 0.25) is 6.21 Å². The van der Waals surface area contributed by atoms with E-state index in [-0.39, 0.29) is 5.97 Å². The maximum atomic E-state index is 10.5. The van der Waals surface area contributed by atoms with E-state index in [1.807, 2.05) is 0 Å². The average Bonchev–Trinajstić information content (AvgIpc) is 1.63. The van der Waals surface area contributed by atoms with Gasteiger partial charge >= 0.3 is 5.97 Å². The molecule has 0 aromatic carbocycles. The maximum Gasteiger partial charge on any atom is 0.395 e. The molecule has 0 aliphatic rings. The number of hydrogen-bond acceptors (Lipinski definition) is 2. The number of ether oxygens (including phenoxy) is 1. The van der Waals surface area contributed by atoms with Crippen molar-refractivity contribution in [2.45, 2.75) is 6.92 Å². The number of esters is 1. The number of nitrogens with zero attached hydrogens (tertiary/aromatic N) is 1. The number of carbonyl (C=O) groups excluding carboxylic acids is 1. The van der Waals surface area contributed by atoms with Gasteiger partial charge in [-0.05, 0) is 6.92 Å². The van der Waals surface area contributed by atoms with Crippen LogP contribution < -0.4 is 0 Å². The predicted molar refractivity (Wildman–Crippen MR) is 34.8 cm³/mol. The first-order chi connectivity index (χ1) is 4.16. The quantitative estimate of drug-likeness (QED) is 0.296. The van der Waals surface area contributed by atoms with Crippen molar-refractivity contribution in [3.8, 4) is 0 Å². The SMILES string of the molecule is CCOC(=O)C=[N+](C)C. The summed E-state index contributed by atoms with van der Waals surface area (Å²) in [4.78, 5) is 10.5. The van der Waals surface area contributed by atoms with Crippen LogP contribution in [-0.4, -0.2) is 37.5 Å². The van der Waals surface area contributed by atoms with Crippen LogP contribution in [0.3, 0.4) is 0 Å². The van der Waals surface area contributed by atoms with Gasteiger partial charge in [0.15, 0.2) is 0 Å². The summed E-state index contributed by atoms with van der Waals surface area (Å²) in [6.45, 7) is 2.21. The lowest BCUT2D eigenvalue weighted by Crippen LogP contribution is -2.12. The molecule has 0 saturated carbocycles. The molecule has 0 N–H and O–H groups in total. The van der Waals surface area contributed by atoms with Crippen molar-refractivity contribution in [3.63, 3.8) is 0 Å². The second-order valence-corrected chi connectivity index (χ2v) is 1.84. The molecular weight excluding hydrogens is 118 g/mol. The van der Waals surface area contributed by atoms with Crippen molar-refractivity contribution in [3.05, 3.63) is 0 Å². The molecule has 9 heavy (non-hydrogen) atoms. The topological polar surface area (TPSA) is 29.3 Å². The van der Waals surface area contributed by atoms with Crippen LogP contribution in [0.4, 0.5) is 0 Å². The predicted octanol–water partition coefficient (Wildman–Crippen LogP) is -0.108. The van der Waals surface area contributed by atoms with Gasteiger partial charge in [-0.2, -0.15) is 0 Å². The zero-order chi connectivity index (χ0) is 7.28. The molecule has 0 amide bonds. The van der Waals surface area contributed by atoms with E-state index in [0.29, 0.717) is 6.61 Å². The van der Waals surface area contributed by atoms with E-state index >= 15 is 0 Å². The van der Waals surface area contributed by atoms with Crippen molar-refractivity contribution in [1.82, 2.24) is 0 Å². The zero-order valence-electron chi connectivity index (χ0n) is 6.05. The fourth-order valence-electron chi connectivity index (χ4n) is 0.390. The van der Waals surface area contributed by atoms with E-state index in [0.717, 1.165) is 0 Å². The lowest BCUT2D eigenvalue weighted by Gasteiger charge is -1.91. The smallest absolute Gasteiger partial charge is 0.395 e. The van der Waals surface area contributed by atoms with Gasteiger partial charge in [0.1, 0.15) is 14.1 Å². The van der Waals surface area contributed by atoms with Gasteiger partial charge in [0.25, 0.3) is 0 Å². The average molecular weight is 130 g/mol. The highest BCUT2D eigenvalue weighted by molar-refractivity contribution is 6.20. The zero-order valence-corrected chi connectivity index (χ0v) is 6.05. The largest absolute Gasteiger partial charge is 0.459 e. The summed E-state index contributed by atoms with van der Waals surface area (Å²) in [7, 11) is 3.55. The van der Waals surface area contributed by atoms with E-state index < -0.39 is 0 Å². The molecule has 0 aromatic rings. The van der Waals surface area contributed by atoms with E-state index in [9.17, 15) is 4.79 Å². The van der Waals surface area contributed by atoms with Crippen LogP contribution >= 0.6 is 0 Å². The Morgan fingerprint density at radius 3 is 2.56 bits per heavy atom. The number of hydrogen-bond donors (Lipinski definition) is 0. The van der Waals surface area contributed by atoms with Gasteiger partial charge in [0.05, 0.1) is 6.61 Å². The molecule has 3 heteroatoms. The lowest BCUT2D eigenvalue weighted by molar-refractivity contribution is -0.458. The molecule has 0 aliphatic heterocycles. The molecule has 0 rings (SSSR count). The molecule has 0 atom stereocenters. The van der Waals surface area contributed by atoms with Gasteiger partial charge in [-0.3, -0.25) is 0 Å². The van der Waals surface area contributed by atoms with Crippen molar-refractivity contribution in [2.24, 2.45) is 0 Å². The highest BCUT2D eigenvalue weighted by Crippen LogP contribution is 1.70. The van der Waals surface area contributed by atoms with Crippen LogP contribution in [0.5, 0.6) is 0 Å². The standard InChI is InChI=1S/C6H12NO2/c1-4-9-6(8)5-7(2)3/h5H,4H2,1-3H3/q+1. The molecule has 0 heterocycles. The molecule has 0 radical (unpaired) electrons. The molecule has 0 saturated heterocycles. The highest BCUT2D eigenvalue weighted by Gasteiger charge is 1.98. The third-order valence-electron chi connectivity index (χ3n) is 0.650. The monoisotopic (exact) mass is 130 g/mol. The first kappa shape index (κ1) is 8.14. The summed E-state index contributed by atoms with van der Waals surface area (Å²) < 4.78 is 6.27. The van der Waals surface area contributed by atoms with Crippen LogP contribution in [0.2, 0.25) is 0 Å². The molecule has 52 valence electrons. The summed E-state index contributed by atoms with van der Waals surface area (Å²) in [5, 5.41) is 0. The molecular formula is C6H12NO2+. The van der Waals surface area contributed by atoms with Crippen LogP contribution in [-0.2, 0) is 9.53 Å². The van der Waals surface area contributed by atoms with Gasteiger partial charge < -0.3 is 4.74 Å². The molecule has 0 aliphatic carbocycles. The van der Waals surface area contributed by atoms with Crippen LogP contribution in [0.15, 0.2) is 0 Å². The van der Waals surface area contributed by atoms with Crippen LogP contribution in [0.25, 0.3) is 0 Å². The van der Waals surface area contributed by atoms with Gasteiger partial charge in [0, 0.05) is 0 Å². The first-order valence-corrected chi connectivity index (χ1v) is 2.85. The van der Waals surface area contributed by atoms with E-state index in [4.69, 9.17) is 0 Å². The van der Waals surface area contributed by atoms with Crippen molar-refractivity contribution >= 4 is 12.2 Å². The Kier molecular flexibility index (Phi) is 3.67. The van der Waals surface area contributed by atoms with E-state index in [2.05, 4.69) is 4.74 Å². The lowest BCUT2D eigenvalue weighted by atomic mass is 10.7. The van der Waals surface area contributed by atoms with Crippen molar-refractivity contribution < 1.29 is 14.1 Å². The Morgan fingerprint density at radius 2 is 2.22 bits per heavy atom. The fraction of sp³-hybridized carbons (Fsp3) is 0.667. The van der Waals surface area contributed by atoms with Crippen molar-refractivity contribution in [1.29, 1.82) is 0 Å². The molecule has 0 bridgehead atoms. The van der Waals surface area contributed by atoms with Crippen LogP contribution in [0, 0.1) is 0 Å². The second-order valence-electron chi connectivity index (χ2n) is 1.84. The normalized spacial score (nSPS) is 8.33. The fourth-order valence-corrected chi connectivity index (χ4v) is 0.390. The Morgan fingerprint density at radius 1 is 1.67 bits per heavy atom. The van der Waals surface area contributed by atoms with Gasteiger partial charge in [-0.25, -0.2) is 9.37 Å². The summed E-state index contributed by atoms with van der Waals surface area (Å²) in [6, 6.07) is 0. The minimum atomic E-state index is -0.289. The summed E-state index contributed by atoms with van der Waals surface area (Å²) in [5.41, 5.74) is 0. The van der Waals surface area contributed by atoms with Crippen LogP contribution in [0.1, 0.15) is 6.92 Å². The van der Waals surface area contributed by atoms with Gasteiger partial charge in [-0.1, -0.05) is 0 Å². The molecule has 0 unspecified atom stereocenters. The summed E-state index contributed by atoms with van der Waals surface area (Å²) in [6.07, 6.45) is 1.39. The van der Waals surface area contributed by atoms with Gasteiger partial charge in [-0.15, -0.1) is 0 Å². The Hall–Kier alpha value is -0.860. The second kappa shape index (κ2) is 4.06. The van der Waals surface area contributed by atoms with E-state index in [1.54, 1.807) is 25.6 Å². The number of carbonyl (C=O) groups is 1. The maximum absolute atomic E-state index is 10.5.